The van der Waals surface area contributed by atoms with E-state index >= 15 is 0 Å². The summed E-state index contributed by atoms with van der Waals surface area (Å²) in [5.41, 5.74) is 8.00. The molecule has 0 aliphatic carbocycles. The zero-order valence-electron chi connectivity index (χ0n) is 21.0. The van der Waals surface area contributed by atoms with Crippen LogP contribution in [0.1, 0.15) is 25.2 Å². The summed E-state index contributed by atoms with van der Waals surface area (Å²) in [6, 6.07) is 41.5. The van der Waals surface area contributed by atoms with Crippen LogP contribution in [0.2, 0.25) is 0 Å². The largest absolute Gasteiger partial charge is 0.240 e. The fourth-order valence-electron chi connectivity index (χ4n) is 4.87. The minimum atomic E-state index is -0.490. The van der Waals surface area contributed by atoms with Gasteiger partial charge in [-0.3, -0.25) is 0 Å². The summed E-state index contributed by atoms with van der Waals surface area (Å²) in [7, 11) is 0. The second kappa shape index (κ2) is 9.40. The molecule has 0 unspecified atom stereocenters. The predicted molar refractivity (Wildman–Crippen MR) is 150 cm³/mol. The highest BCUT2D eigenvalue weighted by Crippen LogP contribution is 2.41. The van der Waals surface area contributed by atoms with Crippen molar-refractivity contribution in [2.24, 2.45) is 0 Å². The molecule has 0 bridgehead atoms. The van der Waals surface area contributed by atoms with E-state index in [9.17, 15) is 0 Å². The average molecular weight is 481 g/mol. The van der Waals surface area contributed by atoms with Crippen LogP contribution in [-0.4, -0.2) is 19.6 Å². The SMILES string of the molecule is CC(C)(c1nn(-c2ccccc2)cc1-c1ccccc1)c1nn(-c2ccccc2)cc1-c1ccccc1. The second-order valence-corrected chi connectivity index (χ2v) is 9.70. The van der Waals surface area contributed by atoms with E-state index in [-0.39, 0.29) is 0 Å². The summed E-state index contributed by atoms with van der Waals surface area (Å²) in [6.45, 7) is 4.45. The molecule has 0 fully saturated rings. The van der Waals surface area contributed by atoms with E-state index in [0.717, 1.165) is 45.0 Å². The Balaban J connectivity index is 1.57. The molecule has 2 aromatic heterocycles. The summed E-state index contributed by atoms with van der Waals surface area (Å²) < 4.78 is 3.96. The molecule has 4 nitrogen and oxygen atoms in total. The summed E-state index contributed by atoms with van der Waals surface area (Å²) in [5, 5.41) is 10.4. The van der Waals surface area contributed by atoms with E-state index < -0.39 is 5.41 Å². The van der Waals surface area contributed by atoms with Crippen molar-refractivity contribution in [1.29, 1.82) is 0 Å². The molecule has 180 valence electrons. The van der Waals surface area contributed by atoms with Crippen LogP contribution in [0.4, 0.5) is 0 Å². The molecule has 0 N–H and O–H groups in total. The Morgan fingerprint density at radius 1 is 0.459 bits per heavy atom. The van der Waals surface area contributed by atoms with Crippen molar-refractivity contribution in [3.05, 3.63) is 145 Å². The molecule has 2 heterocycles. The molecule has 0 aliphatic rings. The van der Waals surface area contributed by atoms with Gasteiger partial charge in [-0.25, -0.2) is 9.36 Å². The van der Waals surface area contributed by atoms with Crippen molar-refractivity contribution in [3.63, 3.8) is 0 Å². The summed E-state index contributed by atoms with van der Waals surface area (Å²) in [6.07, 6.45) is 4.27. The highest BCUT2D eigenvalue weighted by Gasteiger charge is 2.35. The third kappa shape index (κ3) is 4.27. The van der Waals surface area contributed by atoms with Gasteiger partial charge < -0.3 is 0 Å². The zero-order chi connectivity index (χ0) is 25.2. The maximum atomic E-state index is 5.19. The number of nitrogens with zero attached hydrogens (tertiary/aromatic N) is 4. The van der Waals surface area contributed by atoms with Crippen molar-refractivity contribution in [2.75, 3.05) is 0 Å². The number of hydrogen-bond acceptors (Lipinski definition) is 2. The summed E-state index contributed by atoms with van der Waals surface area (Å²) in [5.74, 6) is 0. The molecule has 0 saturated carbocycles. The minimum absolute atomic E-state index is 0.490. The normalized spacial score (nSPS) is 11.5. The fraction of sp³-hybridized carbons (Fsp3) is 0.0909. The van der Waals surface area contributed by atoms with Crippen LogP contribution in [-0.2, 0) is 5.41 Å². The van der Waals surface area contributed by atoms with E-state index in [1.807, 2.05) is 57.9 Å². The Morgan fingerprint density at radius 3 is 1.14 bits per heavy atom. The third-order valence-corrected chi connectivity index (χ3v) is 6.82. The lowest BCUT2D eigenvalue weighted by atomic mass is 9.80. The van der Waals surface area contributed by atoms with Crippen LogP contribution in [0.3, 0.4) is 0 Å². The van der Waals surface area contributed by atoms with Crippen LogP contribution in [0.15, 0.2) is 134 Å². The Morgan fingerprint density at radius 2 is 0.784 bits per heavy atom. The first-order valence-electron chi connectivity index (χ1n) is 12.5. The molecular weight excluding hydrogens is 452 g/mol. The van der Waals surface area contributed by atoms with Crippen molar-refractivity contribution in [1.82, 2.24) is 19.6 Å². The lowest BCUT2D eigenvalue weighted by molar-refractivity contribution is 0.579. The minimum Gasteiger partial charge on any atom is -0.240 e. The average Bonchev–Trinajstić information content (AvgIpc) is 3.62. The Bertz CT molecular complexity index is 1490. The van der Waals surface area contributed by atoms with Gasteiger partial charge in [0.1, 0.15) is 0 Å². The van der Waals surface area contributed by atoms with E-state index in [1.165, 1.54) is 0 Å². The van der Waals surface area contributed by atoms with Gasteiger partial charge >= 0.3 is 0 Å². The van der Waals surface area contributed by atoms with Gasteiger partial charge in [-0.05, 0) is 49.2 Å². The molecule has 0 atom stereocenters. The first kappa shape index (κ1) is 22.7. The maximum Gasteiger partial charge on any atom is 0.0824 e. The molecule has 0 radical (unpaired) electrons. The molecule has 0 aliphatic heterocycles. The Hall–Kier alpha value is -4.70. The van der Waals surface area contributed by atoms with Crippen LogP contribution in [0.25, 0.3) is 33.6 Å². The molecule has 4 heteroatoms. The van der Waals surface area contributed by atoms with Gasteiger partial charge in [0, 0.05) is 23.5 Å². The number of aromatic nitrogens is 4. The van der Waals surface area contributed by atoms with Crippen LogP contribution in [0.5, 0.6) is 0 Å². The Labute approximate surface area is 217 Å². The molecule has 0 saturated heterocycles. The quantitative estimate of drug-likeness (QED) is 0.245. The molecular formula is C33H28N4. The van der Waals surface area contributed by atoms with Gasteiger partial charge in [-0.2, -0.15) is 10.2 Å². The van der Waals surface area contributed by atoms with Gasteiger partial charge in [-0.1, -0.05) is 97.1 Å². The van der Waals surface area contributed by atoms with Crippen molar-refractivity contribution in [2.45, 2.75) is 19.3 Å². The van der Waals surface area contributed by atoms with Crippen molar-refractivity contribution in [3.8, 4) is 33.6 Å². The van der Waals surface area contributed by atoms with E-state index in [4.69, 9.17) is 10.2 Å². The van der Waals surface area contributed by atoms with Gasteiger partial charge in [-0.15, -0.1) is 0 Å². The van der Waals surface area contributed by atoms with Crippen LogP contribution >= 0.6 is 0 Å². The van der Waals surface area contributed by atoms with Gasteiger partial charge in [0.25, 0.3) is 0 Å². The number of para-hydroxylation sites is 2. The summed E-state index contributed by atoms with van der Waals surface area (Å²) >= 11 is 0. The molecule has 37 heavy (non-hydrogen) atoms. The van der Waals surface area contributed by atoms with E-state index in [0.29, 0.717) is 0 Å². The topological polar surface area (TPSA) is 35.6 Å². The first-order valence-corrected chi connectivity index (χ1v) is 12.5. The smallest absolute Gasteiger partial charge is 0.0824 e. The third-order valence-electron chi connectivity index (χ3n) is 6.82. The molecule has 0 spiro atoms. The number of hydrogen-bond donors (Lipinski definition) is 0. The van der Waals surface area contributed by atoms with Crippen LogP contribution < -0.4 is 0 Å². The molecule has 6 rings (SSSR count). The van der Waals surface area contributed by atoms with Crippen molar-refractivity contribution >= 4 is 0 Å². The predicted octanol–water partition coefficient (Wildman–Crippen LogP) is 7.72. The van der Waals surface area contributed by atoms with Gasteiger partial charge in [0.15, 0.2) is 0 Å². The first-order chi connectivity index (χ1) is 18.1. The van der Waals surface area contributed by atoms with Crippen molar-refractivity contribution < 1.29 is 0 Å². The fourth-order valence-corrected chi connectivity index (χ4v) is 4.87. The number of benzene rings is 4. The highest BCUT2D eigenvalue weighted by atomic mass is 15.3. The zero-order valence-corrected chi connectivity index (χ0v) is 21.0. The second-order valence-electron chi connectivity index (χ2n) is 9.70. The highest BCUT2D eigenvalue weighted by molar-refractivity contribution is 5.72. The van der Waals surface area contributed by atoms with Gasteiger partial charge in [0.05, 0.1) is 28.2 Å². The van der Waals surface area contributed by atoms with Gasteiger partial charge in [0.2, 0.25) is 0 Å². The summed E-state index contributed by atoms with van der Waals surface area (Å²) in [4.78, 5) is 0. The lowest BCUT2D eigenvalue weighted by Gasteiger charge is -2.24. The maximum absolute atomic E-state index is 5.19. The monoisotopic (exact) mass is 480 g/mol. The lowest BCUT2D eigenvalue weighted by Crippen LogP contribution is -2.23. The number of rotatable bonds is 6. The Kier molecular flexibility index (Phi) is 5.78. The molecule has 4 aromatic carbocycles. The standard InChI is InChI=1S/C33H28N4/c1-33(2,31-29(25-15-7-3-8-16-25)23-36(34-31)27-19-11-5-12-20-27)32-30(26-17-9-4-10-18-26)24-37(35-32)28-21-13-6-14-22-28/h3-24H,1-2H3. The van der Waals surface area contributed by atoms with Crippen LogP contribution in [0, 0.1) is 0 Å². The molecule has 0 amide bonds. The molecule has 6 aromatic rings. The van der Waals surface area contributed by atoms with E-state index in [2.05, 4.69) is 99.0 Å². The van der Waals surface area contributed by atoms with E-state index in [1.54, 1.807) is 0 Å².